The summed E-state index contributed by atoms with van der Waals surface area (Å²) in [7, 11) is 0. The second kappa shape index (κ2) is 6.18. The van der Waals surface area contributed by atoms with Crippen LogP contribution in [0.5, 0.6) is 0 Å². The molecule has 17 heavy (non-hydrogen) atoms. The van der Waals surface area contributed by atoms with Crippen LogP contribution in [0.2, 0.25) is 0 Å². The van der Waals surface area contributed by atoms with Crippen LogP contribution in [0.4, 0.5) is 0 Å². The van der Waals surface area contributed by atoms with Crippen LogP contribution in [0.3, 0.4) is 0 Å². The molecule has 1 fully saturated rings. The fraction of sp³-hybridized carbons (Fsp3) is 0.600. The molecule has 0 radical (unpaired) electrons. The Kier molecular flexibility index (Phi) is 4.57. The lowest BCUT2D eigenvalue weighted by molar-refractivity contribution is 0.211. The fourth-order valence-electron chi connectivity index (χ4n) is 2.22. The summed E-state index contributed by atoms with van der Waals surface area (Å²) < 4.78 is 0. The summed E-state index contributed by atoms with van der Waals surface area (Å²) in [5.74, 6) is 0. The van der Waals surface area contributed by atoms with E-state index in [2.05, 4.69) is 36.1 Å². The molecule has 1 N–H and O–H groups in total. The summed E-state index contributed by atoms with van der Waals surface area (Å²) in [6, 6.07) is 9.71. The molecule has 94 valence electrons. The lowest BCUT2D eigenvalue weighted by atomic mass is 10.1. The Labute approximate surface area is 104 Å². The van der Waals surface area contributed by atoms with Gasteiger partial charge in [-0.2, -0.15) is 0 Å². The standard InChI is InChI=1S/C15H23NO/c1-2-13-4-6-14(7-5-13)12-16(10-3-11-17)15-8-9-15/h4-7,15,17H,2-3,8-12H2,1H3. The van der Waals surface area contributed by atoms with Crippen LogP contribution in [0.1, 0.15) is 37.3 Å². The van der Waals surface area contributed by atoms with Crippen molar-refractivity contribution < 1.29 is 5.11 Å². The van der Waals surface area contributed by atoms with Gasteiger partial charge < -0.3 is 5.11 Å². The number of aliphatic hydroxyl groups is 1. The highest BCUT2D eigenvalue weighted by atomic mass is 16.3. The quantitative estimate of drug-likeness (QED) is 0.782. The van der Waals surface area contributed by atoms with Crippen LogP contribution in [-0.2, 0) is 13.0 Å². The topological polar surface area (TPSA) is 23.5 Å². The van der Waals surface area contributed by atoms with E-state index >= 15 is 0 Å². The Balaban J connectivity index is 1.91. The number of aryl methyl sites for hydroxylation is 1. The van der Waals surface area contributed by atoms with Crippen molar-refractivity contribution in [3.63, 3.8) is 0 Å². The Morgan fingerprint density at radius 1 is 1.18 bits per heavy atom. The molecule has 2 nitrogen and oxygen atoms in total. The van der Waals surface area contributed by atoms with Crippen LogP contribution >= 0.6 is 0 Å². The molecule has 1 aliphatic carbocycles. The molecular formula is C15H23NO. The van der Waals surface area contributed by atoms with Crippen molar-refractivity contribution in [2.75, 3.05) is 13.2 Å². The van der Waals surface area contributed by atoms with Gasteiger partial charge in [0.15, 0.2) is 0 Å². The number of benzene rings is 1. The molecule has 0 atom stereocenters. The number of hydrogen-bond acceptors (Lipinski definition) is 2. The molecule has 1 aliphatic rings. The van der Waals surface area contributed by atoms with E-state index in [0.717, 1.165) is 32.0 Å². The monoisotopic (exact) mass is 233 g/mol. The van der Waals surface area contributed by atoms with Gasteiger partial charge in [0.1, 0.15) is 0 Å². The molecular weight excluding hydrogens is 210 g/mol. The summed E-state index contributed by atoms with van der Waals surface area (Å²) in [5.41, 5.74) is 2.80. The molecule has 1 aromatic carbocycles. The van der Waals surface area contributed by atoms with Crippen LogP contribution in [-0.4, -0.2) is 29.2 Å². The third kappa shape index (κ3) is 3.83. The van der Waals surface area contributed by atoms with Gasteiger partial charge in [-0.05, 0) is 36.8 Å². The first-order chi connectivity index (χ1) is 8.33. The molecule has 0 aliphatic heterocycles. The zero-order valence-corrected chi connectivity index (χ0v) is 10.7. The van der Waals surface area contributed by atoms with Gasteiger partial charge in [-0.25, -0.2) is 0 Å². The first-order valence-electron chi connectivity index (χ1n) is 6.76. The fourth-order valence-corrected chi connectivity index (χ4v) is 2.22. The summed E-state index contributed by atoms with van der Waals surface area (Å²) >= 11 is 0. The summed E-state index contributed by atoms with van der Waals surface area (Å²) in [4.78, 5) is 2.51. The second-order valence-electron chi connectivity index (χ2n) is 4.95. The molecule has 0 heterocycles. The highest BCUT2D eigenvalue weighted by Gasteiger charge is 2.28. The Morgan fingerprint density at radius 2 is 1.82 bits per heavy atom. The molecule has 0 saturated heterocycles. The summed E-state index contributed by atoms with van der Waals surface area (Å²) in [6.45, 7) is 4.55. The van der Waals surface area contributed by atoms with Gasteiger partial charge in [-0.1, -0.05) is 31.2 Å². The highest BCUT2D eigenvalue weighted by molar-refractivity contribution is 5.22. The molecule has 0 bridgehead atoms. The largest absolute Gasteiger partial charge is 0.396 e. The average Bonchev–Trinajstić information content (AvgIpc) is 3.19. The van der Waals surface area contributed by atoms with E-state index in [1.165, 1.54) is 24.0 Å². The number of aliphatic hydroxyl groups excluding tert-OH is 1. The van der Waals surface area contributed by atoms with Crippen molar-refractivity contribution in [3.05, 3.63) is 35.4 Å². The second-order valence-corrected chi connectivity index (χ2v) is 4.95. The smallest absolute Gasteiger partial charge is 0.0443 e. The van der Waals surface area contributed by atoms with Crippen molar-refractivity contribution in [3.8, 4) is 0 Å². The van der Waals surface area contributed by atoms with E-state index in [9.17, 15) is 0 Å². The first kappa shape index (κ1) is 12.6. The van der Waals surface area contributed by atoms with Crippen LogP contribution in [0.15, 0.2) is 24.3 Å². The van der Waals surface area contributed by atoms with Crippen molar-refractivity contribution in [2.24, 2.45) is 0 Å². The number of rotatable bonds is 7. The van der Waals surface area contributed by atoms with Crippen molar-refractivity contribution in [1.29, 1.82) is 0 Å². The van der Waals surface area contributed by atoms with Gasteiger partial charge >= 0.3 is 0 Å². The predicted octanol–water partition coefficient (Wildman–Crippen LogP) is 2.60. The van der Waals surface area contributed by atoms with Crippen LogP contribution < -0.4 is 0 Å². The zero-order valence-electron chi connectivity index (χ0n) is 10.7. The molecule has 0 aromatic heterocycles. The summed E-state index contributed by atoms with van der Waals surface area (Å²) in [5, 5.41) is 8.93. The normalized spacial score (nSPS) is 15.5. The minimum Gasteiger partial charge on any atom is -0.396 e. The van der Waals surface area contributed by atoms with Gasteiger partial charge in [-0.15, -0.1) is 0 Å². The number of nitrogens with zero attached hydrogens (tertiary/aromatic N) is 1. The first-order valence-corrected chi connectivity index (χ1v) is 6.76. The van der Waals surface area contributed by atoms with E-state index in [0.29, 0.717) is 6.61 Å². The van der Waals surface area contributed by atoms with Crippen molar-refractivity contribution >= 4 is 0 Å². The maximum Gasteiger partial charge on any atom is 0.0443 e. The van der Waals surface area contributed by atoms with E-state index in [1.54, 1.807) is 0 Å². The van der Waals surface area contributed by atoms with E-state index in [-0.39, 0.29) is 0 Å². The molecule has 0 spiro atoms. The van der Waals surface area contributed by atoms with Crippen molar-refractivity contribution in [1.82, 2.24) is 4.90 Å². The predicted molar refractivity (Wildman–Crippen MR) is 71.0 cm³/mol. The van der Waals surface area contributed by atoms with Gasteiger partial charge in [0.05, 0.1) is 0 Å². The maximum atomic E-state index is 8.93. The highest BCUT2D eigenvalue weighted by Crippen LogP contribution is 2.28. The lowest BCUT2D eigenvalue weighted by Gasteiger charge is -2.21. The molecule has 0 amide bonds. The SMILES string of the molecule is CCc1ccc(CN(CCCO)C2CC2)cc1. The van der Waals surface area contributed by atoms with Gasteiger partial charge in [0, 0.05) is 25.7 Å². The molecule has 1 saturated carbocycles. The summed E-state index contributed by atoms with van der Waals surface area (Å²) in [6.07, 6.45) is 4.66. The van der Waals surface area contributed by atoms with Crippen LogP contribution in [0, 0.1) is 0 Å². The third-order valence-electron chi connectivity index (χ3n) is 3.48. The average molecular weight is 233 g/mol. The van der Waals surface area contributed by atoms with E-state index < -0.39 is 0 Å². The minimum absolute atomic E-state index is 0.304. The molecule has 2 heteroatoms. The molecule has 1 aromatic rings. The zero-order chi connectivity index (χ0) is 12.1. The van der Waals surface area contributed by atoms with Crippen molar-refractivity contribution in [2.45, 2.75) is 45.2 Å². The van der Waals surface area contributed by atoms with Crippen LogP contribution in [0.25, 0.3) is 0 Å². The minimum atomic E-state index is 0.304. The lowest BCUT2D eigenvalue weighted by Crippen LogP contribution is -2.27. The van der Waals surface area contributed by atoms with E-state index in [1.807, 2.05) is 0 Å². The Morgan fingerprint density at radius 3 is 2.35 bits per heavy atom. The molecule has 2 rings (SSSR count). The van der Waals surface area contributed by atoms with Gasteiger partial charge in [0.25, 0.3) is 0 Å². The number of hydrogen-bond donors (Lipinski definition) is 1. The molecule has 0 unspecified atom stereocenters. The maximum absolute atomic E-state index is 8.93. The Bertz CT molecular complexity index is 329. The van der Waals surface area contributed by atoms with E-state index in [4.69, 9.17) is 5.11 Å². The third-order valence-corrected chi connectivity index (χ3v) is 3.48. The van der Waals surface area contributed by atoms with Gasteiger partial charge in [0.2, 0.25) is 0 Å². The van der Waals surface area contributed by atoms with Gasteiger partial charge in [-0.3, -0.25) is 4.90 Å². The Hall–Kier alpha value is -0.860.